The molecule has 1 aliphatic rings. The number of nitrogens with zero attached hydrogens (tertiary/aromatic N) is 2. The molecule has 0 saturated heterocycles. The number of anilines is 2. The second kappa shape index (κ2) is 7.15. The molecule has 1 atom stereocenters. The van der Waals surface area contributed by atoms with E-state index in [0.29, 0.717) is 23.8 Å². The van der Waals surface area contributed by atoms with Crippen LogP contribution in [-0.2, 0) is 9.59 Å². The van der Waals surface area contributed by atoms with E-state index in [0.717, 1.165) is 18.4 Å². The quantitative estimate of drug-likeness (QED) is 0.837. The van der Waals surface area contributed by atoms with Crippen molar-refractivity contribution in [1.29, 1.82) is 0 Å². The first kappa shape index (κ1) is 17.9. The molecule has 3 rings (SSSR count). The summed E-state index contributed by atoms with van der Waals surface area (Å²) in [6, 6.07) is 10.8. The highest BCUT2D eigenvalue weighted by Gasteiger charge is 2.51. The SMILES string of the molecule is CCCCN1C(=O)C(C)(C(=O)Nc2ccc(C)cc2)Oc2cccnc21. The molecule has 0 saturated carbocycles. The summed E-state index contributed by atoms with van der Waals surface area (Å²) >= 11 is 0. The van der Waals surface area contributed by atoms with Gasteiger partial charge in [-0.25, -0.2) is 4.98 Å². The molecule has 6 nitrogen and oxygen atoms in total. The fourth-order valence-corrected chi connectivity index (χ4v) is 2.84. The fraction of sp³-hybridized carbons (Fsp3) is 0.350. The zero-order valence-corrected chi connectivity index (χ0v) is 15.3. The smallest absolute Gasteiger partial charge is 0.282 e. The molecule has 26 heavy (non-hydrogen) atoms. The Balaban J connectivity index is 1.91. The number of aromatic nitrogens is 1. The van der Waals surface area contributed by atoms with Crippen molar-refractivity contribution in [1.82, 2.24) is 4.98 Å². The van der Waals surface area contributed by atoms with Crippen LogP contribution in [0.2, 0.25) is 0 Å². The Morgan fingerprint density at radius 1 is 1.27 bits per heavy atom. The van der Waals surface area contributed by atoms with Gasteiger partial charge in [-0.1, -0.05) is 31.0 Å². The van der Waals surface area contributed by atoms with Gasteiger partial charge < -0.3 is 10.1 Å². The van der Waals surface area contributed by atoms with Crippen LogP contribution >= 0.6 is 0 Å². The highest BCUT2D eigenvalue weighted by molar-refractivity contribution is 6.19. The molecule has 6 heteroatoms. The molecule has 2 heterocycles. The maximum Gasteiger partial charge on any atom is 0.282 e. The third-order valence-corrected chi connectivity index (χ3v) is 4.45. The minimum absolute atomic E-state index is 0.401. The van der Waals surface area contributed by atoms with E-state index in [1.807, 2.05) is 26.0 Å². The molecular weight excluding hydrogens is 330 g/mol. The van der Waals surface area contributed by atoms with Crippen LogP contribution in [0.1, 0.15) is 32.3 Å². The lowest BCUT2D eigenvalue weighted by Gasteiger charge is -2.38. The molecule has 1 unspecified atom stereocenters. The van der Waals surface area contributed by atoms with Crippen LogP contribution in [0, 0.1) is 6.92 Å². The Morgan fingerprint density at radius 3 is 2.69 bits per heavy atom. The van der Waals surface area contributed by atoms with Crippen molar-refractivity contribution in [2.45, 2.75) is 39.2 Å². The third-order valence-electron chi connectivity index (χ3n) is 4.45. The highest BCUT2D eigenvalue weighted by Crippen LogP contribution is 2.36. The summed E-state index contributed by atoms with van der Waals surface area (Å²) in [4.78, 5) is 31.8. The summed E-state index contributed by atoms with van der Waals surface area (Å²) in [6.45, 7) is 6.02. The van der Waals surface area contributed by atoms with Crippen molar-refractivity contribution >= 4 is 23.3 Å². The van der Waals surface area contributed by atoms with Gasteiger partial charge in [0.2, 0.25) is 0 Å². The average Bonchev–Trinajstić information content (AvgIpc) is 2.64. The second-order valence-corrected chi connectivity index (χ2v) is 6.59. The number of carbonyl (C=O) groups excluding carboxylic acids is 2. The molecule has 0 spiro atoms. The Bertz CT molecular complexity index is 819. The van der Waals surface area contributed by atoms with E-state index in [-0.39, 0.29) is 0 Å². The number of amides is 2. The van der Waals surface area contributed by atoms with E-state index in [4.69, 9.17) is 4.74 Å². The van der Waals surface area contributed by atoms with Crippen LogP contribution in [0.5, 0.6) is 5.75 Å². The lowest BCUT2D eigenvalue weighted by Crippen LogP contribution is -2.61. The molecule has 1 N–H and O–H groups in total. The number of carbonyl (C=O) groups is 2. The van der Waals surface area contributed by atoms with Crippen LogP contribution in [0.25, 0.3) is 0 Å². The summed E-state index contributed by atoms with van der Waals surface area (Å²) in [5.74, 6) is 0.000404. The van der Waals surface area contributed by atoms with Crippen LogP contribution in [0.3, 0.4) is 0 Å². The molecule has 2 aromatic rings. The van der Waals surface area contributed by atoms with Gasteiger partial charge in [-0.05, 0) is 44.5 Å². The monoisotopic (exact) mass is 353 g/mol. The van der Waals surface area contributed by atoms with E-state index in [1.54, 1.807) is 35.4 Å². The maximum absolute atomic E-state index is 13.1. The Hall–Kier alpha value is -2.89. The predicted molar refractivity (Wildman–Crippen MR) is 100 cm³/mol. The Labute approximate surface area is 153 Å². The number of unbranched alkanes of at least 4 members (excludes halogenated alkanes) is 1. The van der Waals surface area contributed by atoms with Gasteiger partial charge in [0.15, 0.2) is 11.6 Å². The first-order valence-electron chi connectivity index (χ1n) is 8.80. The number of hydrogen-bond donors (Lipinski definition) is 1. The van der Waals surface area contributed by atoms with Gasteiger partial charge in [-0.2, -0.15) is 0 Å². The molecule has 2 amide bonds. The minimum atomic E-state index is -1.64. The summed E-state index contributed by atoms with van der Waals surface area (Å²) in [6.07, 6.45) is 3.36. The predicted octanol–water partition coefficient (Wildman–Crippen LogP) is 3.31. The second-order valence-electron chi connectivity index (χ2n) is 6.59. The average molecular weight is 353 g/mol. The fourth-order valence-electron chi connectivity index (χ4n) is 2.84. The number of rotatable bonds is 5. The molecule has 0 radical (unpaired) electrons. The minimum Gasteiger partial charge on any atom is -0.464 e. The van der Waals surface area contributed by atoms with Crippen molar-refractivity contribution in [2.75, 3.05) is 16.8 Å². The van der Waals surface area contributed by atoms with Crippen molar-refractivity contribution in [3.05, 3.63) is 48.2 Å². The largest absolute Gasteiger partial charge is 0.464 e. The zero-order valence-electron chi connectivity index (χ0n) is 15.3. The van der Waals surface area contributed by atoms with E-state index in [2.05, 4.69) is 10.3 Å². The van der Waals surface area contributed by atoms with Crippen molar-refractivity contribution in [2.24, 2.45) is 0 Å². The molecular formula is C20H23N3O3. The molecule has 1 aromatic heterocycles. The molecule has 0 bridgehead atoms. The van der Waals surface area contributed by atoms with Crippen molar-refractivity contribution in [3.63, 3.8) is 0 Å². The van der Waals surface area contributed by atoms with Crippen LogP contribution in [-0.4, -0.2) is 28.9 Å². The zero-order chi connectivity index (χ0) is 18.7. The van der Waals surface area contributed by atoms with Gasteiger partial charge in [0.25, 0.3) is 17.4 Å². The van der Waals surface area contributed by atoms with Gasteiger partial charge >= 0.3 is 0 Å². The number of hydrogen-bond acceptors (Lipinski definition) is 4. The summed E-state index contributed by atoms with van der Waals surface area (Å²) in [7, 11) is 0. The third kappa shape index (κ3) is 3.27. The molecule has 0 fully saturated rings. The first-order valence-corrected chi connectivity index (χ1v) is 8.80. The summed E-state index contributed by atoms with van der Waals surface area (Å²) in [5.41, 5.74) is 0.0644. The van der Waals surface area contributed by atoms with Crippen molar-refractivity contribution < 1.29 is 14.3 Å². The molecule has 1 aliphatic heterocycles. The number of benzene rings is 1. The Kier molecular flexibility index (Phi) is 4.93. The summed E-state index contributed by atoms with van der Waals surface area (Å²) < 4.78 is 5.83. The Morgan fingerprint density at radius 2 is 2.00 bits per heavy atom. The van der Waals surface area contributed by atoms with E-state index in [1.165, 1.54) is 6.92 Å². The van der Waals surface area contributed by atoms with Gasteiger partial charge in [0, 0.05) is 18.4 Å². The number of pyridine rings is 1. The summed E-state index contributed by atoms with van der Waals surface area (Å²) in [5, 5.41) is 2.79. The standard InChI is InChI=1S/C20H23N3O3/c1-4-5-13-23-17-16(7-6-12-21-17)26-20(3,19(23)25)18(24)22-15-10-8-14(2)9-11-15/h6-12H,4-5,13H2,1-3H3,(H,22,24). The molecule has 0 aliphatic carbocycles. The lowest BCUT2D eigenvalue weighted by molar-refractivity contribution is -0.145. The maximum atomic E-state index is 13.1. The topological polar surface area (TPSA) is 71.5 Å². The van der Waals surface area contributed by atoms with E-state index < -0.39 is 17.4 Å². The normalized spacial score (nSPS) is 18.9. The lowest BCUT2D eigenvalue weighted by atomic mass is 10.0. The number of nitrogens with one attached hydrogen (secondary N) is 1. The van der Waals surface area contributed by atoms with Crippen LogP contribution in [0.15, 0.2) is 42.6 Å². The number of aryl methyl sites for hydroxylation is 1. The molecule has 136 valence electrons. The van der Waals surface area contributed by atoms with E-state index in [9.17, 15) is 9.59 Å². The molecule has 1 aromatic carbocycles. The van der Waals surface area contributed by atoms with Crippen LogP contribution in [0.4, 0.5) is 11.5 Å². The van der Waals surface area contributed by atoms with Gasteiger partial charge in [0.1, 0.15) is 0 Å². The number of fused-ring (bicyclic) bond motifs is 1. The van der Waals surface area contributed by atoms with Gasteiger partial charge in [-0.15, -0.1) is 0 Å². The highest BCUT2D eigenvalue weighted by atomic mass is 16.5. The van der Waals surface area contributed by atoms with Gasteiger partial charge in [-0.3, -0.25) is 14.5 Å². The first-order chi connectivity index (χ1) is 12.5. The van der Waals surface area contributed by atoms with Crippen LogP contribution < -0.4 is 15.0 Å². The van der Waals surface area contributed by atoms with E-state index >= 15 is 0 Å². The van der Waals surface area contributed by atoms with Gasteiger partial charge in [0.05, 0.1) is 0 Å². The van der Waals surface area contributed by atoms with Crippen molar-refractivity contribution in [3.8, 4) is 5.75 Å². The number of ether oxygens (including phenoxy) is 1.